The summed E-state index contributed by atoms with van der Waals surface area (Å²) < 4.78 is 27.1. The fourth-order valence-electron chi connectivity index (χ4n) is 1.80. The summed E-state index contributed by atoms with van der Waals surface area (Å²) in [5, 5.41) is 10.8. The van der Waals surface area contributed by atoms with E-state index in [1.807, 2.05) is 0 Å². The van der Waals surface area contributed by atoms with Gasteiger partial charge in [-0.1, -0.05) is 12.1 Å². The Labute approximate surface area is 131 Å². The smallest absolute Gasteiger partial charge is 0.238 e. The molecule has 0 saturated carbocycles. The summed E-state index contributed by atoms with van der Waals surface area (Å²) in [5.74, 6) is -0.0708. The van der Waals surface area contributed by atoms with Crippen LogP contribution >= 0.6 is 0 Å². The Kier molecular flexibility index (Phi) is 8.03. The fraction of sp³-hybridized carbons (Fsp3) is 0.500. The molecule has 0 bridgehead atoms. The number of nitrogens with one attached hydrogen (secondary N) is 2. The molecule has 0 unspecified atom stereocenters. The van der Waals surface area contributed by atoms with Crippen LogP contribution in [-0.4, -0.2) is 47.7 Å². The van der Waals surface area contributed by atoms with E-state index >= 15 is 0 Å². The van der Waals surface area contributed by atoms with Crippen molar-refractivity contribution in [2.24, 2.45) is 5.14 Å². The van der Waals surface area contributed by atoms with Gasteiger partial charge in [0, 0.05) is 20.3 Å². The van der Waals surface area contributed by atoms with Gasteiger partial charge in [0.2, 0.25) is 15.9 Å². The number of amides is 1. The van der Waals surface area contributed by atoms with Gasteiger partial charge in [0.05, 0.1) is 11.4 Å². The summed E-state index contributed by atoms with van der Waals surface area (Å²) in [7, 11) is -2.02. The molecule has 0 aliphatic heterocycles. The van der Waals surface area contributed by atoms with Gasteiger partial charge in [0.25, 0.3) is 0 Å². The molecular weight excluding hydrogens is 306 g/mol. The topological polar surface area (TPSA) is 111 Å². The van der Waals surface area contributed by atoms with Gasteiger partial charge in [-0.25, -0.2) is 13.6 Å². The number of methoxy groups -OCH3 is 1. The Morgan fingerprint density at radius 1 is 1.23 bits per heavy atom. The van der Waals surface area contributed by atoms with Crippen molar-refractivity contribution in [3.8, 4) is 0 Å². The van der Waals surface area contributed by atoms with Crippen molar-refractivity contribution in [3.05, 3.63) is 29.8 Å². The lowest BCUT2D eigenvalue weighted by molar-refractivity contribution is -0.120. The lowest BCUT2D eigenvalue weighted by Crippen LogP contribution is -2.35. The zero-order chi connectivity index (χ0) is 16.4. The number of hydrogen-bond donors (Lipinski definition) is 3. The van der Waals surface area contributed by atoms with Crippen LogP contribution in [0.25, 0.3) is 0 Å². The van der Waals surface area contributed by atoms with Gasteiger partial charge >= 0.3 is 0 Å². The van der Waals surface area contributed by atoms with Crippen LogP contribution < -0.4 is 15.8 Å². The summed E-state index contributed by atoms with van der Waals surface area (Å²) in [4.78, 5) is 11.6. The van der Waals surface area contributed by atoms with Gasteiger partial charge < -0.3 is 15.4 Å². The van der Waals surface area contributed by atoms with Gasteiger partial charge in [-0.05, 0) is 37.1 Å². The van der Waals surface area contributed by atoms with Gasteiger partial charge in [-0.2, -0.15) is 0 Å². The number of ether oxygens (including phenoxy) is 1. The third-order valence-electron chi connectivity index (χ3n) is 2.98. The maximum absolute atomic E-state index is 11.6. The van der Waals surface area contributed by atoms with Gasteiger partial charge in [-0.15, -0.1) is 0 Å². The Morgan fingerprint density at radius 3 is 2.50 bits per heavy atom. The van der Waals surface area contributed by atoms with E-state index < -0.39 is 10.0 Å². The van der Waals surface area contributed by atoms with Crippen molar-refractivity contribution < 1.29 is 17.9 Å². The second kappa shape index (κ2) is 9.52. The highest BCUT2D eigenvalue weighted by molar-refractivity contribution is 7.89. The molecular formula is C14H23N3O4S. The Morgan fingerprint density at radius 2 is 1.91 bits per heavy atom. The monoisotopic (exact) mass is 329 g/mol. The molecule has 1 aromatic rings. The second-order valence-corrected chi connectivity index (χ2v) is 6.37. The van der Waals surface area contributed by atoms with Crippen LogP contribution in [0.2, 0.25) is 0 Å². The van der Waals surface area contributed by atoms with Crippen LogP contribution in [0.4, 0.5) is 0 Å². The summed E-state index contributed by atoms with van der Waals surface area (Å²) in [6.45, 7) is 2.17. The highest BCUT2D eigenvalue weighted by atomic mass is 32.2. The predicted octanol–water partition coefficient (Wildman–Crippen LogP) is -0.381. The number of rotatable bonds is 10. The lowest BCUT2D eigenvalue weighted by Gasteiger charge is -2.07. The molecule has 0 atom stereocenters. The summed E-state index contributed by atoms with van der Waals surface area (Å²) in [6.07, 6.45) is 1.49. The number of carbonyl (C=O) groups excluding carboxylic acids is 1. The molecule has 0 aliphatic rings. The first-order valence-electron chi connectivity index (χ1n) is 7.01. The highest BCUT2D eigenvalue weighted by Crippen LogP contribution is 2.08. The standard InChI is InChI=1S/C14H23N3O4S/c1-21-10-2-8-16-11-14(18)17-9-7-12-3-5-13(6-4-12)22(15,19)20/h3-6,16H,2,7-11H2,1H3,(H,17,18)(H2,15,19,20). The SMILES string of the molecule is COCCCNCC(=O)NCCc1ccc(S(N)(=O)=O)cc1. The first-order valence-corrected chi connectivity index (χ1v) is 8.56. The van der Waals surface area contributed by atoms with Gasteiger partial charge in [0.15, 0.2) is 0 Å². The van der Waals surface area contributed by atoms with Crippen molar-refractivity contribution in [1.29, 1.82) is 0 Å². The first kappa shape index (κ1) is 18.6. The van der Waals surface area contributed by atoms with E-state index in [1.54, 1.807) is 19.2 Å². The number of sulfonamides is 1. The summed E-state index contributed by atoms with van der Waals surface area (Å²) in [5.41, 5.74) is 0.931. The van der Waals surface area contributed by atoms with Crippen molar-refractivity contribution in [2.75, 3.05) is 33.4 Å². The molecule has 0 spiro atoms. The summed E-state index contributed by atoms with van der Waals surface area (Å²) in [6, 6.07) is 6.30. The minimum atomic E-state index is -3.66. The van der Waals surface area contributed by atoms with E-state index in [0.29, 0.717) is 19.6 Å². The Balaban J connectivity index is 2.22. The zero-order valence-electron chi connectivity index (χ0n) is 12.7. The van der Waals surface area contributed by atoms with E-state index in [0.717, 1.165) is 18.5 Å². The molecule has 4 N–H and O–H groups in total. The molecule has 0 saturated heterocycles. The van der Waals surface area contributed by atoms with E-state index in [2.05, 4.69) is 10.6 Å². The second-order valence-electron chi connectivity index (χ2n) is 4.81. The van der Waals surface area contributed by atoms with Crippen molar-refractivity contribution in [1.82, 2.24) is 10.6 Å². The molecule has 0 fully saturated rings. The maximum Gasteiger partial charge on any atom is 0.238 e. The third-order valence-corrected chi connectivity index (χ3v) is 3.90. The van der Waals surface area contributed by atoms with Gasteiger partial charge in [-0.3, -0.25) is 4.79 Å². The first-order chi connectivity index (χ1) is 10.4. The van der Waals surface area contributed by atoms with Crippen LogP contribution in [0.1, 0.15) is 12.0 Å². The number of benzene rings is 1. The minimum absolute atomic E-state index is 0.0708. The Hall–Kier alpha value is -1.48. The molecule has 8 heteroatoms. The quantitative estimate of drug-likeness (QED) is 0.507. The molecule has 0 radical (unpaired) electrons. The molecule has 0 aliphatic carbocycles. The van der Waals surface area contributed by atoms with Crippen LogP contribution in [0.5, 0.6) is 0 Å². The van der Waals surface area contributed by atoms with Crippen LogP contribution in [0.3, 0.4) is 0 Å². The molecule has 7 nitrogen and oxygen atoms in total. The van der Waals surface area contributed by atoms with E-state index in [9.17, 15) is 13.2 Å². The maximum atomic E-state index is 11.6. The molecule has 0 aromatic heterocycles. The molecule has 1 amide bonds. The largest absolute Gasteiger partial charge is 0.385 e. The normalized spacial score (nSPS) is 11.4. The van der Waals surface area contributed by atoms with E-state index in [1.165, 1.54) is 12.1 Å². The molecule has 1 aromatic carbocycles. The van der Waals surface area contributed by atoms with Crippen LogP contribution in [0, 0.1) is 0 Å². The van der Waals surface area contributed by atoms with E-state index in [-0.39, 0.29) is 17.3 Å². The molecule has 22 heavy (non-hydrogen) atoms. The molecule has 1 rings (SSSR count). The Bertz CT molecular complexity index is 558. The van der Waals surface area contributed by atoms with E-state index in [4.69, 9.17) is 9.88 Å². The number of hydrogen-bond acceptors (Lipinski definition) is 5. The fourth-order valence-corrected chi connectivity index (χ4v) is 2.31. The number of nitrogens with two attached hydrogens (primary N) is 1. The van der Waals surface area contributed by atoms with Crippen LogP contribution in [-0.2, 0) is 26.0 Å². The van der Waals surface area contributed by atoms with Gasteiger partial charge in [0.1, 0.15) is 0 Å². The number of primary sulfonamides is 1. The van der Waals surface area contributed by atoms with Crippen molar-refractivity contribution in [2.45, 2.75) is 17.7 Å². The minimum Gasteiger partial charge on any atom is -0.385 e. The average molecular weight is 329 g/mol. The average Bonchev–Trinajstić information content (AvgIpc) is 2.46. The molecule has 124 valence electrons. The lowest BCUT2D eigenvalue weighted by atomic mass is 10.1. The van der Waals surface area contributed by atoms with Crippen molar-refractivity contribution in [3.63, 3.8) is 0 Å². The molecule has 0 heterocycles. The van der Waals surface area contributed by atoms with Crippen LogP contribution in [0.15, 0.2) is 29.2 Å². The summed E-state index contributed by atoms with van der Waals surface area (Å²) >= 11 is 0. The van der Waals surface area contributed by atoms with Crippen molar-refractivity contribution >= 4 is 15.9 Å². The zero-order valence-corrected chi connectivity index (χ0v) is 13.5. The third kappa shape index (κ3) is 7.51. The highest BCUT2D eigenvalue weighted by Gasteiger charge is 2.06. The number of carbonyl (C=O) groups is 1. The predicted molar refractivity (Wildman–Crippen MR) is 83.9 cm³/mol.